The van der Waals surface area contributed by atoms with E-state index in [9.17, 15) is 4.79 Å². The second-order valence-electron chi connectivity index (χ2n) is 4.23. The van der Waals surface area contributed by atoms with Crippen molar-refractivity contribution in [1.29, 1.82) is 0 Å². The molecule has 2 saturated heterocycles. The minimum Gasteiger partial charge on any atom is -0.465 e. The molecule has 0 N–H and O–H groups in total. The third-order valence-corrected chi connectivity index (χ3v) is 2.97. The standard InChI is InChI=1S/C11H19NO4/c1-2-14-10(13)8-12-5-3-4-11(9-12)15-6-7-16-11/h2-9H2,1H3. The highest BCUT2D eigenvalue weighted by atomic mass is 16.7. The molecule has 2 fully saturated rings. The fraction of sp³-hybridized carbons (Fsp3) is 0.909. The summed E-state index contributed by atoms with van der Waals surface area (Å²) in [5, 5.41) is 0. The van der Waals surface area contributed by atoms with Crippen LogP contribution in [0.3, 0.4) is 0 Å². The van der Waals surface area contributed by atoms with Crippen molar-refractivity contribution in [3.05, 3.63) is 0 Å². The first-order chi connectivity index (χ1) is 7.74. The summed E-state index contributed by atoms with van der Waals surface area (Å²) in [6.45, 7) is 5.49. The summed E-state index contributed by atoms with van der Waals surface area (Å²) in [5.74, 6) is -0.623. The average Bonchev–Trinajstić information content (AvgIpc) is 2.66. The van der Waals surface area contributed by atoms with Crippen molar-refractivity contribution in [3.63, 3.8) is 0 Å². The number of nitrogens with zero attached hydrogens (tertiary/aromatic N) is 1. The van der Waals surface area contributed by atoms with Crippen LogP contribution in [-0.4, -0.2) is 56.1 Å². The lowest BCUT2D eigenvalue weighted by Crippen LogP contribution is -2.50. The average molecular weight is 229 g/mol. The Morgan fingerprint density at radius 3 is 2.88 bits per heavy atom. The fourth-order valence-corrected chi connectivity index (χ4v) is 2.33. The van der Waals surface area contributed by atoms with E-state index in [0.29, 0.717) is 32.9 Å². The lowest BCUT2D eigenvalue weighted by Gasteiger charge is -2.37. The first kappa shape index (κ1) is 11.8. The van der Waals surface area contributed by atoms with E-state index >= 15 is 0 Å². The maximum atomic E-state index is 11.4. The molecule has 92 valence electrons. The molecule has 2 aliphatic heterocycles. The highest BCUT2D eigenvalue weighted by molar-refractivity contribution is 5.71. The Labute approximate surface area is 95.6 Å². The van der Waals surface area contributed by atoms with E-state index in [4.69, 9.17) is 14.2 Å². The number of hydrogen-bond acceptors (Lipinski definition) is 5. The molecule has 0 aliphatic carbocycles. The summed E-state index contributed by atoms with van der Waals surface area (Å²) in [6.07, 6.45) is 1.92. The second kappa shape index (κ2) is 5.12. The van der Waals surface area contributed by atoms with E-state index in [1.54, 1.807) is 0 Å². The smallest absolute Gasteiger partial charge is 0.320 e. The lowest BCUT2D eigenvalue weighted by atomic mass is 10.0. The zero-order valence-corrected chi connectivity index (χ0v) is 9.74. The van der Waals surface area contributed by atoms with Crippen LogP contribution in [0.2, 0.25) is 0 Å². The Hall–Kier alpha value is -0.650. The second-order valence-corrected chi connectivity index (χ2v) is 4.23. The quantitative estimate of drug-likeness (QED) is 0.655. The topological polar surface area (TPSA) is 48.0 Å². The molecule has 0 amide bonds. The van der Waals surface area contributed by atoms with Crippen LogP contribution in [0.4, 0.5) is 0 Å². The van der Waals surface area contributed by atoms with Crippen LogP contribution in [0, 0.1) is 0 Å². The van der Waals surface area contributed by atoms with Crippen LogP contribution in [0.25, 0.3) is 0 Å². The Balaban J connectivity index is 1.84. The maximum Gasteiger partial charge on any atom is 0.320 e. The lowest BCUT2D eigenvalue weighted by molar-refractivity contribution is -0.191. The van der Waals surface area contributed by atoms with Gasteiger partial charge in [-0.25, -0.2) is 0 Å². The fourth-order valence-electron chi connectivity index (χ4n) is 2.33. The molecule has 0 bridgehead atoms. The summed E-state index contributed by atoms with van der Waals surface area (Å²) in [4.78, 5) is 13.4. The summed E-state index contributed by atoms with van der Waals surface area (Å²) >= 11 is 0. The Bertz CT molecular complexity index is 250. The van der Waals surface area contributed by atoms with Gasteiger partial charge in [0.25, 0.3) is 0 Å². The third kappa shape index (κ3) is 2.72. The van der Waals surface area contributed by atoms with Crippen molar-refractivity contribution in [2.24, 2.45) is 0 Å². The first-order valence-electron chi connectivity index (χ1n) is 5.90. The van der Waals surface area contributed by atoms with Gasteiger partial charge < -0.3 is 14.2 Å². The van der Waals surface area contributed by atoms with Gasteiger partial charge >= 0.3 is 5.97 Å². The van der Waals surface area contributed by atoms with Crippen molar-refractivity contribution in [2.45, 2.75) is 25.6 Å². The summed E-state index contributed by atoms with van der Waals surface area (Å²) in [7, 11) is 0. The van der Waals surface area contributed by atoms with Crippen molar-refractivity contribution in [1.82, 2.24) is 4.90 Å². The summed E-state index contributed by atoms with van der Waals surface area (Å²) < 4.78 is 16.2. The van der Waals surface area contributed by atoms with Gasteiger partial charge in [-0.05, 0) is 19.9 Å². The number of carbonyl (C=O) groups is 1. The highest BCUT2D eigenvalue weighted by Gasteiger charge is 2.41. The van der Waals surface area contributed by atoms with E-state index in [1.807, 2.05) is 11.8 Å². The molecule has 0 aromatic rings. The van der Waals surface area contributed by atoms with Crippen molar-refractivity contribution < 1.29 is 19.0 Å². The van der Waals surface area contributed by atoms with Crippen LogP contribution >= 0.6 is 0 Å². The van der Waals surface area contributed by atoms with Crippen molar-refractivity contribution >= 4 is 5.97 Å². The zero-order valence-electron chi connectivity index (χ0n) is 9.74. The molecule has 16 heavy (non-hydrogen) atoms. The number of rotatable bonds is 3. The van der Waals surface area contributed by atoms with Gasteiger partial charge in [-0.15, -0.1) is 0 Å². The van der Waals surface area contributed by atoms with Gasteiger partial charge in [-0.2, -0.15) is 0 Å². The molecular weight excluding hydrogens is 210 g/mol. The van der Waals surface area contributed by atoms with E-state index in [-0.39, 0.29) is 5.97 Å². The van der Waals surface area contributed by atoms with Crippen LogP contribution in [0.1, 0.15) is 19.8 Å². The third-order valence-electron chi connectivity index (χ3n) is 2.97. The van der Waals surface area contributed by atoms with Gasteiger partial charge in [0.05, 0.1) is 32.9 Å². The highest BCUT2D eigenvalue weighted by Crippen LogP contribution is 2.29. The zero-order chi connectivity index (χ0) is 11.4. The molecule has 2 heterocycles. The van der Waals surface area contributed by atoms with Crippen LogP contribution in [0.15, 0.2) is 0 Å². The van der Waals surface area contributed by atoms with E-state index in [2.05, 4.69) is 0 Å². The first-order valence-corrected chi connectivity index (χ1v) is 5.90. The number of piperidine rings is 1. The molecule has 5 heteroatoms. The minimum absolute atomic E-state index is 0.169. The molecule has 0 aromatic carbocycles. The molecule has 0 radical (unpaired) electrons. The summed E-state index contributed by atoms with van der Waals surface area (Å²) in [6, 6.07) is 0. The van der Waals surface area contributed by atoms with Crippen LogP contribution in [-0.2, 0) is 19.0 Å². The Morgan fingerprint density at radius 1 is 1.44 bits per heavy atom. The van der Waals surface area contributed by atoms with Gasteiger partial charge in [0.2, 0.25) is 0 Å². The predicted molar refractivity (Wildman–Crippen MR) is 56.9 cm³/mol. The number of hydrogen-bond donors (Lipinski definition) is 0. The molecule has 2 rings (SSSR count). The van der Waals surface area contributed by atoms with Gasteiger partial charge in [-0.3, -0.25) is 9.69 Å². The maximum absolute atomic E-state index is 11.4. The normalized spacial score (nSPS) is 24.8. The molecule has 2 aliphatic rings. The van der Waals surface area contributed by atoms with Crippen LogP contribution < -0.4 is 0 Å². The van der Waals surface area contributed by atoms with Gasteiger partial charge in [0.15, 0.2) is 5.79 Å². The number of likely N-dealkylation sites (tertiary alicyclic amines) is 1. The van der Waals surface area contributed by atoms with Crippen molar-refractivity contribution in [3.8, 4) is 0 Å². The molecule has 0 aromatic heterocycles. The minimum atomic E-state index is -0.454. The van der Waals surface area contributed by atoms with E-state index < -0.39 is 5.79 Å². The Kier molecular flexibility index (Phi) is 3.78. The molecular formula is C11H19NO4. The van der Waals surface area contributed by atoms with Gasteiger partial charge in [0, 0.05) is 6.42 Å². The van der Waals surface area contributed by atoms with Crippen molar-refractivity contribution in [2.75, 3.05) is 39.5 Å². The molecule has 1 spiro atoms. The largest absolute Gasteiger partial charge is 0.465 e. The monoisotopic (exact) mass is 229 g/mol. The SMILES string of the molecule is CCOC(=O)CN1CCCC2(C1)OCCO2. The van der Waals surface area contributed by atoms with E-state index in [1.165, 1.54) is 0 Å². The van der Waals surface area contributed by atoms with Gasteiger partial charge in [-0.1, -0.05) is 0 Å². The van der Waals surface area contributed by atoms with Gasteiger partial charge in [0.1, 0.15) is 0 Å². The number of esters is 1. The molecule has 0 atom stereocenters. The summed E-state index contributed by atoms with van der Waals surface area (Å²) in [5.41, 5.74) is 0. The molecule has 0 unspecified atom stereocenters. The molecule has 0 saturated carbocycles. The molecule has 5 nitrogen and oxygen atoms in total. The predicted octanol–water partition coefficient (Wildman–Crippen LogP) is 0.388. The Morgan fingerprint density at radius 2 is 2.19 bits per heavy atom. The number of ether oxygens (including phenoxy) is 3. The number of carbonyl (C=O) groups excluding carboxylic acids is 1. The van der Waals surface area contributed by atoms with Crippen LogP contribution in [0.5, 0.6) is 0 Å². The van der Waals surface area contributed by atoms with E-state index in [0.717, 1.165) is 19.4 Å².